The number of carbonyl (C=O) groups is 1. The zero-order valence-electron chi connectivity index (χ0n) is 15.6. The number of rotatable bonds is 4. The van der Waals surface area contributed by atoms with E-state index < -0.39 is 0 Å². The van der Waals surface area contributed by atoms with Gasteiger partial charge in [0.2, 0.25) is 0 Å². The lowest BCUT2D eigenvalue weighted by Gasteiger charge is -2.11. The average molecular weight is 391 g/mol. The molecule has 0 saturated carbocycles. The van der Waals surface area contributed by atoms with E-state index >= 15 is 0 Å². The predicted octanol–water partition coefficient (Wildman–Crippen LogP) is 5.20. The van der Waals surface area contributed by atoms with Crippen molar-refractivity contribution in [3.05, 3.63) is 82.6 Å². The van der Waals surface area contributed by atoms with Crippen LogP contribution in [0.15, 0.2) is 60.8 Å². The number of hydrogen-bond acceptors (Lipinski definition) is 3. The summed E-state index contributed by atoms with van der Waals surface area (Å²) in [7, 11) is 0. The van der Waals surface area contributed by atoms with E-state index in [2.05, 4.69) is 15.4 Å². The first-order chi connectivity index (χ1) is 13.6. The molecule has 2 aromatic heterocycles. The van der Waals surface area contributed by atoms with Crippen molar-refractivity contribution in [3.8, 4) is 5.69 Å². The van der Waals surface area contributed by atoms with Gasteiger partial charge < -0.3 is 5.32 Å². The van der Waals surface area contributed by atoms with E-state index in [1.165, 1.54) is 6.20 Å². The molecule has 0 fully saturated rings. The highest BCUT2D eigenvalue weighted by molar-refractivity contribution is 6.39. The van der Waals surface area contributed by atoms with Gasteiger partial charge in [-0.3, -0.25) is 4.79 Å². The Bertz CT molecular complexity index is 1170. The summed E-state index contributed by atoms with van der Waals surface area (Å²) in [5, 5.41) is 8.56. The van der Waals surface area contributed by atoms with Gasteiger partial charge in [-0.1, -0.05) is 54.9 Å². The first kappa shape index (κ1) is 18.2. The van der Waals surface area contributed by atoms with E-state index in [4.69, 9.17) is 11.6 Å². The van der Waals surface area contributed by atoms with E-state index in [-0.39, 0.29) is 5.91 Å². The fraction of sp³-hybridized carbons (Fsp3) is 0.136. The lowest BCUT2D eigenvalue weighted by molar-refractivity contribution is 0.102. The van der Waals surface area contributed by atoms with Crippen molar-refractivity contribution >= 4 is 34.2 Å². The van der Waals surface area contributed by atoms with Crippen LogP contribution in [0.25, 0.3) is 16.7 Å². The number of nitrogens with one attached hydrogen (secondary N) is 1. The summed E-state index contributed by atoms with van der Waals surface area (Å²) in [5.74, 6) is -0.285. The smallest absolute Gasteiger partial charge is 0.258 e. The van der Waals surface area contributed by atoms with Gasteiger partial charge in [0.25, 0.3) is 5.91 Å². The van der Waals surface area contributed by atoms with Crippen LogP contribution in [-0.2, 0) is 6.42 Å². The van der Waals surface area contributed by atoms with Crippen molar-refractivity contribution in [2.75, 3.05) is 5.32 Å². The molecule has 4 rings (SSSR count). The Morgan fingerprint density at radius 2 is 1.82 bits per heavy atom. The third-order valence-electron chi connectivity index (χ3n) is 4.70. The van der Waals surface area contributed by atoms with Crippen LogP contribution in [0.2, 0.25) is 5.02 Å². The van der Waals surface area contributed by atoms with E-state index in [1.807, 2.05) is 68.4 Å². The minimum absolute atomic E-state index is 0.285. The lowest BCUT2D eigenvalue weighted by atomic mass is 10.1. The molecule has 0 aliphatic rings. The fourth-order valence-corrected chi connectivity index (χ4v) is 3.61. The molecule has 2 heterocycles. The summed E-state index contributed by atoms with van der Waals surface area (Å²) in [4.78, 5) is 17.4. The molecule has 0 unspecified atom stereocenters. The molecule has 2 aromatic carbocycles. The number of carbonyl (C=O) groups excluding carboxylic acids is 1. The molecule has 5 nitrogen and oxygen atoms in total. The number of fused-ring (bicyclic) bond motifs is 1. The molecule has 0 atom stereocenters. The second-order valence-electron chi connectivity index (χ2n) is 6.48. The fourth-order valence-electron chi connectivity index (χ4n) is 3.26. The molecule has 0 saturated heterocycles. The van der Waals surface area contributed by atoms with Crippen molar-refractivity contribution in [2.45, 2.75) is 20.3 Å². The molecule has 28 heavy (non-hydrogen) atoms. The second kappa shape index (κ2) is 7.44. The molecule has 140 valence electrons. The highest BCUT2D eigenvalue weighted by Crippen LogP contribution is 2.30. The Morgan fingerprint density at radius 3 is 2.57 bits per heavy atom. The number of anilines is 1. The average Bonchev–Trinajstić information content (AvgIpc) is 3.06. The van der Waals surface area contributed by atoms with Gasteiger partial charge in [-0.25, -0.2) is 9.67 Å². The molecule has 1 N–H and O–H groups in total. The second-order valence-corrected chi connectivity index (χ2v) is 6.86. The molecular formula is C22H19ClN4O. The van der Waals surface area contributed by atoms with Gasteiger partial charge in [-0.2, -0.15) is 5.10 Å². The van der Waals surface area contributed by atoms with Crippen LogP contribution >= 0.6 is 11.6 Å². The number of para-hydroxylation sites is 2. The Labute approximate surface area is 168 Å². The number of pyridine rings is 1. The lowest BCUT2D eigenvalue weighted by Crippen LogP contribution is -2.14. The van der Waals surface area contributed by atoms with Gasteiger partial charge in [-0.05, 0) is 37.1 Å². The quantitative estimate of drug-likeness (QED) is 0.521. The van der Waals surface area contributed by atoms with Gasteiger partial charge in [0.05, 0.1) is 27.4 Å². The van der Waals surface area contributed by atoms with Crippen molar-refractivity contribution in [1.29, 1.82) is 0 Å². The number of halogens is 1. The van der Waals surface area contributed by atoms with Gasteiger partial charge >= 0.3 is 0 Å². The standard InChI is InChI=1S/C22H19ClN4O/c1-3-15-9-7-8-12-18(15)25-22(28)17-13-24-21-19(20(17)23)14(2)26-27(21)16-10-5-4-6-11-16/h4-13H,3H2,1-2H3,(H,25,28). The van der Waals surface area contributed by atoms with Crippen LogP contribution in [0.5, 0.6) is 0 Å². The molecule has 0 aliphatic carbocycles. The summed E-state index contributed by atoms with van der Waals surface area (Å²) in [6, 6.07) is 17.4. The van der Waals surface area contributed by atoms with Crippen molar-refractivity contribution in [3.63, 3.8) is 0 Å². The summed E-state index contributed by atoms with van der Waals surface area (Å²) < 4.78 is 1.74. The number of amides is 1. The maximum atomic E-state index is 12.9. The summed E-state index contributed by atoms with van der Waals surface area (Å²) in [6.07, 6.45) is 2.33. The van der Waals surface area contributed by atoms with Gasteiger partial charge in [0.15, 0.2) is 5.65 Å². The summed E-state index contributed by atoms with van der Waals surface area (Å²) in [5.41, 5.74) is 4.41. The van der Waals surface area contributed by atoms with Crippen LogP contribution in [0, 0.1) is 6.92 Å². The van der Waals surface area contributed by atoms with E-state index in [0.717, 1.165) is 29.1 Å². The zero-order chi connectivity index (χ0) is 19.7. The van der Waals surface area contributed by atoms with E-state index in [1.54, 1.807) is 4.68 Å². The van der Waals surface area contributed by atoms with E-state index in [0.29, 0.717) is 21.6 Å². The monoisotopic (exact) mass is 390 g/mol. The van der Waals surface area contributed by atoms with Crippen molar-refractivity contribution < 1.29 is 4.79 Å². The van der Waals surface area contributed by atoms with Gasteiger partial charge in [0, 0.05) is 11.9 Å². The first-order valence-electron chi connectivity index (χ1n) is 9.08. The molecule has 1 amide bonds. The van der Waals surface area contributed by atoms with Crippen LogP contribution in [0.3, 0.4) is 0 Å². The highest BCUT2D eigenvalue weighted by atomic mass is 35.5. The Hall–Kier alpha value is -3.18. The maximum Gasteiger partial charge on any atom is 0.258 e. The topological polar surface area (TPSA) is 59.8 Å². The number of aromatic nitrogens is 3. The third-order valence-corrected chi connectivity index (χ3v) is 5.09. The Balaban J connectivity index is 1.76. The number of benzene rings is 2. The molecular weight excluding hydrogens is 372 g/mol. The molecule has 0 bridgehead atoms. The minimum atomic E-state index is -0.285. The molecule has 6 heteroatoms. The van der Waals surface area contributed by atoms with Crippen LogP contribution in [0.1, 0.15) is 28.5 Å². The number of hydrogen-bond donors (Lipinski definition) is 1. The SMILES string of the molecule is CCc1ccccc1NC(=O)c1cnc2c(c(C)nn2-c2ccccc2)c1Cl. The summed E-state index contributed by atoms with van der Waals surface area (Å²) >= 11 is 6.63. The Morgan fingerprint density at radius 1 is 1.11 bits per heavy atom. The van der Waals surface area contributed by atoms with E-state index in [9.17, 15) is 4.79 Å². The molecule has 0 spiro atoms. The predicted molar refractivity (Wildman–Crippen MR) is 112 cm³/mol. The Kier molecular flexibility index (Phi) is 4.84. The van der Waals surface area contributed by atoms with Crippen molar-refractivity contribution in [1.82, 2.24) is 14.8 Å². The van der Waals surface area contributed by atoms with Crippen LogP contribution in [-0.4, -0.2) is 20.7 Å². The third kappa shape index (κ3) is 3.14. The number of aryl methyl sites for hydroxylation is 2. The normalized spacial score (nSPS) is 11.0. The number of nitrogens with zero attached hydrogens (tertiary/aromatic N) is 3. The highest BCUT2D eigenvalue weighted by Gasteiger charge is 2.20. The van der Waals surface area contributed by atoms with Crippen molar-refractivity contribution in [2.24, 2.45) is 0 Å². The zero-order valence-corrected chi connectivity index (χ0v) is 16.4. The molecule has 0 radical (unpaired) electrons. The van der Waals surface area contributed by atoms with Gasteiger partial charge in [-0.15, -0.1) is 0 Å². The molecule has 0 aliphatic heterocycles. The molecule has 4 aromatic rings. The largest absolute Gasteiger partial charge is 0.322 e. The van der Waals surface area contributed by atoms with Crippen LogP contribution in [0.4, 0.5) is 5.69 Å². The van der Waals surface area contributed by atoms with Crippen LogP contribution < -0.4 is 5.32 Å². The summed E-state index contributed by atoms with van der Waals surface area (Å²) in [6.45, 7) is 3.91. The minimum Gasteiger partial charge on any atom is -0.322 e. The maximum absolute atomic E-state index is 12.9. The first-order valence-corrected chi connectivity index (χ1v) is 9.46. The van der Waals surface area contributed by atoms with Gasteiger partial charge in [0.1, 0.15) is 0 Å².